The Hall–Kier alpha value is -1.14. The van der Waals surface area contributed by atoms with E-state index >= 15 is 0 Å². The molecule has 0 radical (unpaired) electrons. The largest absolute Gasteiger partial charge is 0.351 e. The van der Waals surface area contributed by atoms with Crippen molar-refractivity contribution in [2.24, 2.45) is 11.5 Å². The third-order valence-corrected chi connectivity index (χ3v) is 2.88. The maximum Gasteiger partial charge on any atom is 0.318 e. The van der Waals surface area contributed by atoms with E-state index in [0.29, 0.717) is 0 Å². The standard InChI is InChI=1S/C10H20N4O2/c1-7(11)8-4-2-3-5-14(8)6-9(15)13-10(12)16/h7-8H,2-6,11H2,1H3,(H3,12,13,15,16). The number of carbonyl (C=O) groups excluding carboxylic acids is 2. The molecular weight excluding hydrogens is 208 g/mol. The molecule has 1 aliphatic heterocycles. The molecule has 2 atom stereocenters. The second-order valence-corrected chi connectivity index (χ2v) is 4.31. The highest BCUT2D eigenvalue weighted by Gasteiger charge is 2.26. The van der Waals surface area contributed by atoms with Gasteiger partial charge in [0.05, 0.1) is 6.54 Å². The first kappa shape index (κ1) is 12.9. The summed E-state index contributed by atoms with van der Waals surface area (Å²) in [6, 6.07) is -0.562. The maximum absolute atomic E-state index is 11.4. The molecule has 0 aromatic heterocycles. The van der Waals surface area contributed by atoms with E-state index < -0.39 is 6.03 Å². The van der Waals surface area contributed by atoms with E-state index in [2.05, 4.69) is 5.32 Å². The lowest BCUT2D eigenvalue weighted by Crippen LogP contribution is -2.53. The summed E-state index contributed by atoms with van der Waals surface area (Å²) in [6.07, 6.45) is 3.20. The average Bonchev–Trinajstić information content (AvgIpc) is 2.16. The van der Waals surface area contributed by atoms with Gasteiger partial charge in [-0.05, 0) is 26.3 Å². The van der Waals surface area contributed by atoms with Gasteiger partial charge in [-0.2, -0.15) is 0 Å². The Balaban J connectivity index is 2.49. The molecule has 0 saturated carbocycles. The topological polar surface area (TPSA) is 101 Å². The van der Waals surface area contributed by atoms with Gasteiger partial charge in [0.15, 0.2) is 0 Å². The lowest BCUT2D eigenvalue weighted by Gasteiger charge is -2.37. The van der Waals surface area contributed by atoms with Gasteiger partial charge in [-0.1, -0.05) is 6.42 Å². The first-order chi connectivity index (χ1) is 7.50. The third kappa shape index (κ3) is 3.79. The first-order valence-electron chi connectivity index (χ1n) is 5.59. The summed E-state index contributed by atoms with van der Waals surface area (Å²) in [7, 11) is 0. The molecule has 1 heterocycles. The van der Waals surface area contributed by atoms with E-state index in [1.165, 1.54) is 0 Å². The fraction of sp³-hybridized carbons (Fsp3) is 0.800. The molecule has 6 nitrogen and oxygen atoms in total. The van der Waals surface area contributed by atoms with E-state index in [1.807, 2.05) is 11.8 Å². The van der Waals surface area contributed by atoms with Crippen molar-refractivity contribution in [2.45, 2.75) is 38.3 Å². The van der Waals surface area contributed by atoms with Crippen LogP contribution in [0.25, 0.3) is 0 Å². The van der Waals surface area contributed by atoms with Gasteiger partial charge in [0.2, 0.25) is 5.91 Å². The highest BCUT2D eigenvalue weighted by molar-refractivity contribution is 5.94. The fourth-order valence-corrected chi connectivity index (χ4v) is 2.17. The zero-order chi connectivity index (χ0) is 12.1. The van der Waals surface area contributed by atoms with E-state index in [1.54, 1.807) is 0 Å². The van der Waals surface area contributed by atoms with Crippen LogP contribution in [0, 0.1) is 0 Å². The molecule has 0 bridgehead atoms. The van der Waals surface area contributed by atoms with Gasteiger partial charge >= 0.3 is 6.03 Å². The van der Waals surface area contributed by atoms with Crippen LogP contribution >= 0.6 is 0 Å². The fourth-order valence-electron chi connectivity index (χ4n) is 2.17. The van der Waals surface area contributed by atoms with Gasteiger partial charge in [0.25, 0.3) is 0 Å². The molecule has 0 aromatic carbocycles. The number of amides is 3. The van der Waals surface area contributed by atoms with Crippen molar-refractivity contribution >= 4 is 11.9 Å². The Morgan fingerprint density at radius 2 is 2.19 bits per heavy atom. The van der Waals surface area contributed by atoms with Crippen molar-refractivity contribution in [3.8, 4) is 0 Å². The van der Waals surface area contributed by atoms with Crippen molar-refractivity contribution in [1.29, 1.82) is 0 Å². The number of piperidine rings is 1. The quantitative estimate of drug-likeness (QED) is 0.599. The molecule has 92 valence electrons. The third-order valence-electron chi connectivity index (χ3n) is 2.88. The van der Waals surface area contributed by atoms with Crippen molar-refractivity contribution in [1.82, 2.24) is 10.2 Å². The normalized spacial score (nSPS) is 23.8. The first-order valence-corrected chi connectivity index (χ1v) is 5.59. The molecule has 2 unspecified atom stereocenters. The van der Waals surface area contributed by atoms with Gasteiger partial charge < -0.3 is 11.5 Å². The molecule has 6 heteroatoms. The molecular formula is C10H20N4O2. The van der Waals surface area contributed by atoms with Crippen LogP contribution in [0.2, 0.25) is 0 Å². The Labute approximate surface area is 95.3 Å². The smallest absolute Gasteiger partial charge is 0.318 e. The van der Waals surface area contributed by atoms with Gasteiger partial charge in [-0.25, -0.2) is 4.79 Å². The summed E-state index contributed by atoms with van der Waals surface area (Å²) in [5, 5.41) is 2.07. The van der Waals surface area contributed by atoms with Crippen molar-refractivity contribution < 1.29 is 9.59 Å². The minimum Gasteiger partial charge on any atom is -0.351 e. The number of urea groups is 1. The van der Waals surface area contributed by atoms with Crippen molar-refractivity contribution in [3.63, 3.8) is 0 Å². The van der Waals surface area contributed by atoms with E-state index in [-0.39, 0.29) is 24.5 Å². The number of rotatable bonds is 3. The van der Waals surface area contributed by atoms with Gasteiger partial charge in [0.1, 0.15) is 0 Å². The molecule has 1 rings (SSSR count). The van der Waals surface area contributed by atoms with E-state index in [4.69, 9.17) is 11.5 Å². The summed E-state index contributed by atoms with van der Waals surface area (Å²) >= 11 is 0. The zero-order valence-electron chi connectivity index (χ0n) is 9.61. The molecule has 1 fully saturated rings. The van der Waals surface area contributed by atoms with Gasteiger partial charge in [-0.15, -0.1) is 0 Å². The number of hydrogen-bond acceptors (Lipinski definition) is 4. The molecule has 3 amide bonds. The second-order valence-electron chi connectivity index (χ2n) is 4.31. The molecule has 5 N–H and O–H groups in total. The molecule has 0 spiro atoms. The van der Waals surface area contributed by atoms with Crippen LogP contribution in [-0.2, 0) is 4.79 Å². The summed E-state index contributed by atoms with van der Waals surface area (Å²) in [4.78, 5) is 23.9. The number of hydrogen-bond donors (Lipinski definition) is 3. The monoisotopic (exact) mass is 228 g/mol. The van der Waals surface area contributed by atoms with Gasteiger partial charge in [-0.3, -0.25) is 15.0 Å². The van der Waals surface area contributed by atoms with Crippen LogP contribution in [0.4, 0.5) is 4.79 Å². The molecule has 16 heavy (non-hydrogen) atoms. The highest BCUT2D eigenvalue weighted by atomic mass is 16.2. The number of primary amides is 1. The number of imide groups is 1. The van der Waals surface area contributed by atoms with Crippen LogP contribution in [-0.4, -0.2) is 42.0 Å². The van der Waals surface area contributed by atoms with E-state index in [9.17, 15) is 9.59 Å². The van der Waals surface area contributed by atoms with Gasteiger partial charge in [0, 0.05) is 12.1 Å². The Kier molecular flexibility index (Phi) is 4.70. The summed E-state index contributed by atoms with van der Waals surface area (Å²) in [6.45, 7) is 2.97. The van der Waals surface area contributed by atoms with Crippen LogP contribution < -0.4 is 16.8 Å². The number of carbonyl (C=O) groups is 2. The Bertz CT molecular complexity index is 268. The summed E-state index contributed by atoms with van der Waals surface area (Å²) < 4.78 is 0. The molecule has 1 aliphatic rings. The zero-order valence-corrected chi connectivity index (χ0v) is 9.61. The highest BCUT2D eigenvalue weighted by Crippen LogP contribution is 2.18. The van der Waals surface area contributed by atoms with Crippen LogP contribution in [0.1, 0.15) is 26.2 Å². The van der Waals surface area contributed by atoms with E-state index in [0.717, 1.165) is 25.8 Å². The average molecular weight is 228 g/mol. The summed E-state index contributed by atoms with van der Waals surface area (Å²) in [5.74, 6) is -0.361. The minimum atomic E-state index is -0.806. The van der Waals surface area contributed by atoms with Crippen LogP contribution in [0.15, 0.2) is 0 Å². The Morgan fingerprint density at radius 1 is 1.50 bits per heavy atom. The number of nitrogens with two attached hydrogens (primary N) is 2. The lowest BCUT2D eigenvalue weighted by atomic mass is 9.97. The number of nitrogens with zero attached hydrogens (tertiary/aromatic N) is 1. The predicted octanol–water partition coefficient (Wildman–Crippen LogP) is -0.617. The predicted molar refractivity (Wildman–Crippen MR) is 60.6 cm³/mol. The Morgan fingerprint density at radius 3 is 2.75 bits per heavy atom. The van der Waals surface area contributed by atoms with Crippen molar-refractivity contribution in [2.75, 3.05) is 13.1 Å². The number of likely N-dealkylation sites (tertiary alicyclic amines) is 1. The SMILES string of the molecule is CC(N)C1CCCCN1CC(=O)NC(N)=O. The summed E-state index contributed by atoms with van der Waals surface area (Å²) in [5.41, 5.74) is 10.7. The van der Waals surface area contributed by atoms with Crippen molar-refractivity contribution in [3.05, 3.63) is 0 Å². The molecule has 0 aliphatic carbocycles. The number of nitrogens with one attached hydrogen (secondary N) is 1. The minimum absolute atomic E-state index is 0.0293. The molecule has 1 saturated heterocycles. The molecule has 0 aromatic rings. The van der Waals surface area contributed by atoms with Crippen LogP contribution in [0.5, 0.6) is 0 Å². The van der Waals surface area contributed by atoms with Crippen LogP contribution in [0.3, 0.4) is 0 Å². The lowest BCUT2D eigenvalue weighted by molar-refractivity contribution is -0.122. The second kappa shape index (κ2) is 5.81. The maximum atomic E-state index is 11.4.